The van der Waals surface area contributed by atoms with Gasteiger partial charge in [0.05, 0.1) is 5.69 Å². The van der Waals surface area contributed by atoms with Crippen molar-refractivity contribution < 1.29 is 4.42 Å². The van der Waals surface area contributed by atoms with Gasteiger partial charge in [-0.15, -0.1) is 5.10 Å². The van der Waals surface area contributed by atoms with Crippen LogP contribution in [0.1, 0.15) is 12.6 Å². The second-order valence-electron chi connectivity index (χ2n) is 2.23. The normalized spacial score (nSPS) is 10.6. The molecule has 0 spiro atoms. The van der Waals surface area contributed by atoms with E-state index in [1.54, 1.807) is 0 Å². The molecule has 4 heteroatoms. The molecule has 0 aliphatic carbocycles. The van der Waals surface area contributed by atoms with E-state index in [1.807, 2.05) is 13.0 Å². The highest BCUT2D eigenvalue weighted by Gasteiger charge is 2.00. The van der Waals surface area contributed by atoms with E-state index < -0.39 is 0 Å². The summed E-state index contributed by atoms with van der Waals surface area (Å²) in [6.45, 7) is 2.02. The predicted molar refractivity (Wildman–Crippen MR) is 39.0 cm³/mol. The first-order valence-electron chi connectivity index (χ1n) is 3.46. The number of aromatic nitrogens is 3. The second kappa shape index (κ2) is 2.30. The van der Waals surface area contributed by atoms with Gasteiger partial charge >= 0.3 is 0 Å². The molecule has 4 nitrogen and oxygen atoms in total. The summed E-state index contributed by atoms with van der Waals surface area (Å²) in [6.07, 6.45) is 2.24. The summed E-state index contributed by atoms with van der Waals surface area (Å²) in [5.41, 5.74) is 2.20. The van der Waals surface area contributed by atoms with Gasteiger partial charge in [0.1, 0.15) is 0 Å². The number of aryl methyl sites for hydroxylation is 1. The molecule has 0 radical (unpaired) electrons. The van der Waals surface area contributed by atoms with Crippen LogP contribution in [0.25, 0.3) is 11.2 Å². The first kappa shape index (κ1) is 6.27. The van der Waals surface area contributed by atoms with Gasteiger partial charge in [0.2, 0.25) is 5.65 Å². The molecule has 0 saturated heterocycles. The standard InChI is InChI=1S/C7H7N3O/c1-2-5-3-6-7(10-9-5)8-4-11-6/h3-4H,2H2,1H3. The first-order valence-corrected chi connectivity index (χ1v) is 3.46. The molecule has 0 atom stereocenters. The van der Waals surface area contributed by atoms with Crippen LogP contribution in [-0.2, 0) is 6.42 Å². The van der Waals surface area contributed by atoms with E-state index in [-0.39, 0.29) is 0 Å². The van der Waals surface area contributed by atoms with Gasteiger partial charge in [0.25, 0.3) is 0 Å². The summed E-state index contributed by atoms with van der Waals surface area (Å²) >= 11 is 0. The Kier molecular flexibility index (Phi) is 1.31. The van der Waals surface area contributed by atoms with Crippen LogP contribution >= 0.6 is 0 Å². The number of oxazole rings is 1. The summed E-state index contributed by atoms with van der Waals surface area (Å²) in [6, 6.07) is 1.86. The van der Waals surface area contributed by atoms with Crippen molar-refractivity contribution in [3.05, 3.63) is 18.2 Å². The lowest BCUT2D eigenvalue weighted by atomic mass is 10.3. The van der Waals surface area contributed by atoms with Crippen LogP contribution in [-0.4, -0.2) is 15.2 Å². The fourth-order valence-electron chi connectivity index (χ4n) is 0.888. The highest BCUT2D eigenvalue weighted by Crippen LogP contribution is 2.08. The van der Waals surface area contributed by atoms with E-state index in [2.05, 4.69) is 15.2 Å². The summed E-state index contributed by atoms with van der Waals surface area (Å²) in [4.78, 5) is 3.85. The summed E-state index contributed by atoms with van der Waals surface area (Å²) in [7, 11) is 0. The minimum atomic E-state index is 0.571. The molecule has 0 fully saturated rings. The Morgan fingerprint density at radius 3 is 3.18 bits per heavy atom. The lowest BCUT2D eigenvalue weighted by molar-refractivity contribution is 0.601. The first-order chi connectivity index (χ1) is 5.40. The Morgan fingerprint density at radius 2 is 2.36 bits per heavy atom. The van der Waals surface area contributed by atoms with Crippen molar-refractivity contribution in [2.75, 3.05) is 0 Å². The Hall–Kier alpha value is -1.45. The fraction of sp³-hybridized carbons (Fsp3) is 0.286. The third-order valence-electron chi connectivity index (χ3n) is 1.51. The molecule has 0 bridgehead atoms. The van der Waals surface area contributed by atoms with Crippen molar-refractivity contribution in [2.45, 2.75) is 13.3 Å². The Morgan fingerprint density at radius 1 is 1.45 bits per heavy atom. The molecule has 56 valence electrons. The molecule has 0 aliphatic heterocycles. The summed E-state index contributed by atoms with van der Waals surface area (Å²) in [5.74, 6) is 0. The van der Waals surface area contributed by atoms with Crippen LogP contribution in [0.5, 0.6) is 0 Å². The monoisotopic (exact) mass is 149 g/mol. The topological polar surface area (TPSA) is 51.8 Å². The van der Waals surface area contributed by atoms with Crippen LogP contribution in [0.15, 0.2) is 16.9 Å². The highest BCUT2D eigenvalue weighted by molar-refractivity contribution is 5.66. The maximum absolute atomic E-state index is 5.05. The lowest BCUT2D eigenvalue weighted by Gasteiger charge is -1.90. The van der Waals surface area contributed by atoms with Crippen molar-refractivity contribution in [1.29, 1.82) is 0 Å². The van der Waals surface area contributed by atoms with E-state index >= 15 is 0 Å². The zero-order valence-corrected chi connectivity index (χ0v) is 6.11. The van der Waals surface area contributed by atoms with Gasteiger partial charge in [-0.2, -0.15) is 10.1 Å². The van der Waals surface area contributed by atoms with Crippen molar-refractivity contribution in [1.82, 2.24) is 15.2 Å². The van der Waals surface area contributed by atoms with Gasteiger partial charge in [-0.1, -0.05) is 6.92 Å². The smallest absolute Gasteiger partial charge is 0.220 e. The van der Waals surface area contributed by atoms with Crippen LogP contribution < -0.4 is 0 Å². The number of hydrogen-bond acceptors (Lipinski definition) is 4. The predicted octanol–water partition coefficient (Wildman–Crippen LogP) is 1.18. The fourth-order valence-corrected chi connectivity index (χ4v) is 0.888. The number of fused-ring (bicyclic) bond motifs is 1. The van der Waals surface area contributed by atoms with Gasteiger partial charge in [-0.3, -0.25) is 0 Å². The van der Waals surface area contributed by atoms with E-state index in [9.17, 15) is 0 Å². The molecular weight excluding hydrogens is 142 g/mol. The zero-order valence-electron chi connectivity index (χ0n) is 6.11. The summed E-state index contributed by atoms with van der Waals surface area (Å²) in [5, 5.41) is 7.78. The lowest BCUT2D eigenvalue weighted by Crippen LogP contribution is -1.89. The third kappa shape index (κ3) is 0.960. The maximum atomic E-state index is 5.05. The van der Waals surface area contributed by atoms with Crippen molar-refractivity contribution >= 4 is 11.2 Å². The van der Waals surface area contributed by atoms with Crippen LogP contribution in [0, 0.1) is 0 Å². The van der Waals surface area contributed by atoms with Crippen LogP contribution in [0.3, 0.4) is 0 Å². The minimum absolute atomic E-state index is 0.571. The Balaban J connectivity index is 2.67. The van der Waals surface area contributed by atoms with E-state index in [0.29, 0.717) is 11.2 Å². The van der Waals surface area contributed by atoms with E-state index in [1.165, 1.54) is 6.39 Å². The molecule has 0 saturated carbocycles. The molecule has 0 unspecified atom stereocenters. The number of hydrogen-bond donors (Lipinski definition) is 0. The van der Waals surface area contributed by atoms with Gasteiger partial charge in [0.15, 0.2) is 12.0 Å². The summed E-state index contributed by atoms with van der Waals surface area (Å²) < 4.78 is 5.05. The van der Waals surface area contributed by atoms with Crippen molar-refractivity contribution in [3.63, 3.8) is 0 Å². The largest absolute Gasteiger partial charge is 0.442 e. The maximum Gasteiger partial charge on any atom is 0.220 e. The van der Waals surface area contributed by atoms with Crippen molar-refractivity contribution in [2.24, 2.45) is 0 Å². The van der Waals surface area contributed by atoms with Gasteiger partial charge < -0.3 is 4.42 Å². The minimum Gasteiger partial charge on any atom is -0.442 e. The molecule has 0 N–H and O–H groups in total. The zero-order chi connectivity index (χ0) is 7.68. The van der Waals surface area contributed by atoms with Gasteiger partial charge in [0, 0.05) is 6.07 Å². The molecule has 11 heavy (non-hydrogen) atoms. The average Bonchev–Trinajstić information content (AvgIpc) is 2.50. The highest BCUT2D eigenvalue weighted by atomic mass is 16.3. The molecule has 0 aromatic carbocycles. The molecule has 2 heterocycles. The number of nitrogens with zero attached hydrogens (tertiary/aromatic N) is 3. The molecule has 0 amide bonds. The molecule has 2 aromatic heterocycles. The van der Waals surface area contributed by atoms with Crippen LogP contribution in [0.4, 0.5) is 0 Å². The average molecular weight is 149 g/mol. The molecular formula is C7H7N3O. The van der Waals surface area contributed by atoms with Crippen LogP contribution in [0.2, 0.25) is 0 Å². The van der Waals surface area contributed by atoms with E-state index in [0.717, 1.165) is 12.1 Å². The molecule has 0 aliphatic rings. The second-order valence-corrected chi connectivity index (χ2v) is 2.23. The Labute approximate surface area is 63.3 Å². The van der Waals surface area contributed by atoms with Crippen molar-refractivity contribution in [3.8, 4) is 0 Å². The van der Waals surface area contributed by atoms with Gasteiger partial charge in [-0.25, -0.2) is 0 Å². The van der Waals surface area contributed by atoms with Gasteiger partial charge in [-0.05, 0) is 6.42 Å². The molecule has 2 rings (SSSR count). The van der Waals surface area contributed by atoms with E-state index in [4.69, 9.17) is 4.42 Å². The third-order valence-corrected chi connectivity index (χ3v) is 1.51. The molecule has 2 aromatic rings. The number of rotatable bonds is 1. The Bertz CT molecular complexity index is 368. The quantitative estimate of drug-likeness (QED) is 0.610. The SMILES string of the molecule is CCc1cc2ocnc2nn1.